The molecule has 92 valence electrons. The lowest BCUT2D eigenvalue weighted by Crippen LogP contribution is -1.95. The zero-order valence-electron chi connectivity index (χ0n) is 8.84. The van der Waals surface area contributed by atoms with E-state index in [4.69, 9.17) is 0 Å². The Morgan fingerprint density at radius 2 is 2.11 bits per heavy atom. The van der Waals surface area contributed by atoms with Gasteiger partial charge in [-0.05, 0) is 40.2 Å². The van der Waals surface area contributed by atoms with Crippen molar-refractivity contribution in [1.29, 1.82) is 0 Å². The van der Waals surface area contributed by atoms with E-state index < -0.39 is 16.4 Å². The molecule has 0 spiro atoms. The monoisotopic (exact) mass is 328 g/mol. The Kier molecular flexibility index (Phi) is 3.93. The third-order valence-corrected chi connectivity index (χ3v) is 4.03. The lowest BCUT2D eigenvalue weighted by atomic mass is 10.3. The fourth-order valence-electron chi connectivity index (χ4n) is 1.31. The number of para-hydroxylation sites is 1. The van der Waals surface area contributed by atoms with E-state index in [2.05, 4.69) is 20.9 Å². The van der Waals surface area contributed by atoms with Crippen LogP contribution in [-0.4, -0.2) is 9.91 Å². The Hall–Kier alpha value is -1.47. The second-order valence-electron chi connectivity index (χ2n) is 3.24. The minimum Gasteiger partial charge on any atom is -0.258 e. The standard InChI is InChI=1S/C11H6BrFN2O2S/c12-7-3-2-6-14-11(7)18-9-5-1-4-8(13)10(9)15(16)17/h1-6H. The molecule has 0 unspecified atom stereocenters. The van der Waals surface area contributed by atoms with Crippen molar-refractivity contribution in [2.75, 3.05) is 0 Å². The molecule has 1 heterocycles. The average Bonchev–Trinajstić information content (AvgIpc) is 2.31. The summed E-state index contributed by atoms with van der Waals surface area (Å²) in [4.78, 5) is 14.4. The van der Waals surface area contributed by atoms with E-state index in [1.165, 1.54) is 12.1 Å². The van der Waals surface area contributed by atoms with Gasteiger partial charge in [0.2, 0.25) is 5.82 Å². The summed E-state index contributed by atoms with van der Waals surface area (Å²) >= 11 is 4.33. The van der Waals surface area contributed by atoms with Crippen molar-refractivity contribution in [2.24, 2.45) is 0 Å². The molecule has 0 bridgehead atoms. The average molecular weight is 329 g/mol. The van der Waals surface area contributed by atoms with Gasteiger partial charge in [-0.3, -0.25) is 10.1 Å². The molecule has 2 rings (SSSR count). The summed E-state index contributed by atoms with van der Waals surface area (Å²) in [6, 6.07) is 7.48. The maximum Gasteiger partial charge on any atom is 0.318 e. The van der Waals surface area contributed by atoms with E-state index in [0.717, 1.165) is 17.8 Å². The maximum atomic E-state index is 13.4. The van der Waals surface area contributed by atoms with E-state index in [-0.39, 0.29) is 4.90 Å². The summed E-state index contributed by atoms with van der Waals surface area (Å²) in [7, 11) is 0. The zero-order valence-corrected chi connectivity index (χ0v) is 11.2. The number of nitro benzene ring substituents is 1. The van der Waals surface area contributed by atoms with E-state index in [1.54, 1.807) is 18.3 Å². The quantitative estimate of drug-likeness (QED) is 0.630. The number of rotatable bonds is 3. The molecule has 0 saturated carbocycles. The van der Waals surface area contributed by atoms with Crippen LogP contribution >= 0.6 is 27.7 Å². The molecule has 0 radical (unpaired) electrons. The molecule has 0 atom stereocenters. The van der Waals surface area contributed by atoms with Crippen LogP contribution in [0.2, 0.25) is 0 Å². The van der Waals surface area contributed by atoms with E-state index in [9.17, 15) is 14.5 Å². The fourth-order valence-corrected chi connectivity index (χ4v) is 2.71. The van der Waals surface area contributed by atoms with Gasteiger partial charge >= 0.3 is 5.69 Å². The second kappa shape index (κ2) is 5.45. The lowest BCUT2D eigenvalue weighted by molar-refractivity contribution is -0.390. The van der Waals surface area contributed by atoms with Gasteiger partial charge in [0.25, 0.3) is 0 Å². The van der Waals surface area contributed by atoms with Gasteiger partial charge < -0.3 is 0 Å². The van der Waals surface area contributed by atoms with Crippen LogP contribution in [0.5, 0.6) is 0 Å². The summed E-state index contributed by atoms with van der Waals surface area (Å²) in [6.45, 7) is 0. The Bertz CT molecular complexity index is 609. The van der Waals surface area contributed by atoms with Gasteiger partial charge in [0.1, 0.15) is 5.03 Å². The van der Waals surface area contributed by atoms with Crippen molar-refractivity contribution in [2.45, 2.75) is 9.92 Å². The highest BCUT2D eigenvalue weighted by Crippen LogP contribution is 2.37. The normalized spacial score (nSPS) is 10.3. The van der Waals surface area contributed by atoms with Crippen LogP contribution in [0, 0.1) is 15.9 Å². The summed E-state index contributed by atoms with van der Waals surface area (Å²) < 4.78 is 14.1. The summed E-state index contributed by atoms with van der Waals surface area (Å²) in [5.74, 6) is -0.850. The molecular weight excluding hydrogens is 323 g/mol. The van der Waals surface area contributed by atoms with Crippen LogP contribution in [0.15, 0.2) is 50.9 Å². The van der Waals surface area contributed by atoms with E-state index in [0.29, 0.717) is 9.50 Å². The van der Waals surface area contributed by atoms with Gasteiger partial charge in [-0.15, -0.1) is 0 Å². The van der Waals surface area contributed by atoms with Crippen molar-refractivity contribution >= 4 is 33.4 Å². The van der Waals surface area contributed by atoms with Crippen molar-refractivity contribution in [3.05, 3.63) is 56.9 Å². The molecule has 1 aromatic carbocycles. The number of halogens is 2. The van der Waals surface area contributed by atoms with E-state index >= 15 is 0 Å². The van der Waals surface area contributed by atoms with Crippen LogP contribution in [0.3, 0.4) is 0 Å². The second-order valence-corrected chi connectivity index (χ2v) is 5.12. The molecule has 18 heavy (non-hydrogen) atoms. The molecular formula is C11H6BrFN2O2S. The molecule has 2 aromatic rings. The van der Waals surface area contributed by atoms with Gasteiger partial charge in [0, 0.05) is 6.20 Å². The van der Waals surface area contributed by atoms with Crippen molar-refractivity contribution in [3.8, 4) is 0 Å². The molecule has 0 saturated heterocycles. The largest absolute Gasteiger partial charge is 0.318 e. The minimum absolute atomic E-state index is 0.222. The topological polar surface area (TPSA) is 56.0 Å². The van der Waals surface area contributed by atoms with E-state index in [1.807, 2.05) is 0 Å². The Labute approximate surface area is 115 Å². The first-order chi connectivity index (χ1) is 8.59. The van der Waals surface area contributed by atoms with Crippen LogP contribution in [-0.2, 0) is 0 Å². The van der Waals surface area contributed by atoms with Crippen molar-refractivity contribution < 1.29 is 9.31 Å². The van der Waals surface area contributed by atoms with Crippen molar-refractivity contribution in [1.82, 2.24) is 4.98 Å². The first kappa shape index (κ1) is 13.0. The van der Waals surface area contributed by atoms with Crippen LogP contribution < -0.4 is 0 Å². The molecule has 7 heteroatoms. The zero-order chi connectivity index (χ0) is 13.1. The highest BCUT2D eigenvalue weighted by molar-refractivity contribution is 9.10. The summed E-state index contributed by atoms with van der Waals surface area (Å²) in [5.41, 5.74) is -0.528. The van der Waals surface area contributed by atoms with Gasteiger partial charge in [-0.1, -0.05) is 17.8 Å². The predicted molar refractivity (Wildman–Crippen MR) is 69.1 cm³/mol. The smallest absolute Gasteiger partial charge is 0.258 e. The van der Waals surface area contributed by atoms with Crippen molar-refractivity contribution in [3.63, 3.8) is 0 Å². The molecule has 0 aliphatic rings. The number of nitrogens with zero attached hydrogens (tertiary/aromatic N) is 2. The molecule has 0 amide bonds. The molecule has 0 N–H and O–H groups in total. The van der Waals surface area contributed by atoms with Crippen LogP contribution in [0.1, 0.15) is 0 Å². The molecule has 0 aliphatic heterocycles. The fraction of sp³-hybridized carbons (Fsp3) is 0. The Morgan fingerprint density at radius 3 is 2.78 bits per heavy atom. The summed E-state index contributed by atoms with van der Waals surface area (Å²) in [6.07, 6.45) is 1.57. The molecule has 0 aliphatic carbocycles. The van der Waals surface area contributed by atoms with Crippen LogP contribution in [0.25, 0.3) is 0 Å². The first-order valence-electron chi connectivity index (χ1n) is 4.81. The highest BCUT2D eigenvalue weighted by Gasteiger charge is 2.21. The number of aromatic nitrogens is 1. The summed E-state index contributed by atoms with van der Waals surface area (Å²) in [5, 5.41) is 11.4. The molecule has 1 aromatic heterocycles. The maximum absolute atomic E-state index is 13.4. The minimum atomic E-state index is -0.850. The Morgan fingerprint density at radius 1 is 1.33 bits per heavy atom. The third kappa shape index (κ3) is 2.68. The number of pyridine rings is 1. The lowest BCUT2D eigenvalue weighted by Gasteiger charge is -2.04. The van der Waals surface area contributed by atoms with Gasteiger partial charge in [-0.25, -0.2) is 4.98 Å². The van der Waals surface area contributed by atoms with Gasteiger partial charge in [0.05, 0.1) is 14.3 Å². The van der Waals surface area contributed by atoms with Gasteiger partial charge in [-0.2, -0.15) is 4.39 Å². The van der Waals surface area contributed by atoms with Crippen LogP contribution in [0.4, 0.5) is 10.1 Å². The highest BCUT2D eigenvalue weighted by atomic mass is 79.9. The SMILES string of the molecule is O=[N+]([O-])c1c(F)cccc1Sc1ncccc1Br. The number of hydrogen-bond acceptors (Lipinski definition) is 4. The van der Waals surface area contributed by atoms with Gasteiger partial charge in [0.15, 0.2) is 0 Å². The molecule has 4 nitrogen and oxygen atoms in total. The first-order valence-corrected chi connectivity index (χ1v) is 6.42. The third-order valence-electron chi connectivity index (χ3n) is 2.06. The molecule has 0 fully saturated rings. The number of nitro groups is 1. The Balaban J connectivity index is 2.44. The number of benzene rings is 1. The predicted octanol–water partition coefficient (Wildman–Crippen LogP) is 4.04. The number of hydrogen-bond donors (Lipinski definition) is 0.